The van der Waals surface area contributed by atoms with E-state index >= 15 is 0 Å². The highest BCUT2D eigenvalue weighted by atomic mass is 127. The lowest BCUT2D eigenvalue weighted by Gasteiger charge is -2.12. The van der Waals surface area contributed by atoms with E-state index in [1.807, 2.05) is 6.92 Å². The predicted octanol–water partition coefficient (Wildman–Crippen LogP) is 5.20. The molecule has 0 spiro atoms. The van der Waals surface area contributed by atoms with Crippen molar-refractivity contribution in [1.82, 2.24) is 4.98 Å². The molecule has 0 aliphatic heterocycles. The molecule has 2 aromatic carbocycles. The third kappa shape index (κ3) is 2.63. The molecule has 2 nitrogen and oxygen atoms in total. The highest BCUT2D eigenvalue weighted by molar-refractivity contribution is 14.1. The highest BCUT2D eigenvalue weighted by Gasteiger charge is 2.06. The lowest BCUT2D eigenvalue weighted by atomic mass is 10.1. The molecule has 0 amide bonds. The van der Waals surface area contributed by atoms with Gasteiger partial charge in [-0.05, 0) is 72.3 Å². The number of para-hydroxylation sites is 1. The van der Waals surface area contributed by atoms with Gasteiger partial charge >= 0.3 is 0 Å². The minimum Gasteiger partial charge on any atom is -0.355 e. The zero-order valence-corrected chi connectivity index (χ0v) is 13.6. The molecule has 1 heterocycles. The molecule has 3 rings (SSSR count). The minimum absolute atomic E-state index is 1.03. The van der Waals surface area contributed by atoms with Crippen LogP contribution in [0.5, 0.6) is 0 Å². The fourth-order valence-electron chi connectivity index (χ4n) is 2.31. The first kappa shape index (κ1) is 13.4. The third-order valence-corrected chi connectivity index (χ3v) is 4.01. The van der Waals surface area contributed by atoms with Crippen molar-refractivity contribution in [3.63, 3.8) is 0 Å². The van der Waals surface area contributed by atoms with Gasteiger partial charge in [-0.15, -0.1) is 0 Å². The Kier molecular flexibility index (Phi) is 3.61. The Hall–Kier alpha value is -1.62. The Morgan fingerprint density at radius 1 is 1.00 bits per heavy atom. The van der Waals surface area contributed by atoms with Crippen LogP contribution in [0.2, 0.25) is 0 Å². The van der Waals surface area contributed by atoms with Crippen molar-refractivity contribution in [3.8, 4) is 0 Å². The summed E-state index contributed by atoms with van der Waals surface area (Å²) in [4.78, 5) is 4.65. The van der Waals surface area contributed by atoms with Gasteiger partial charge in [0, 0.05) is 26.0 Å². The van der Waals surface area contributed by atoms with E-state index < -0.39 is 0 Å². The number of fused-ring (bicyclic) bond motifs is 1. The van der Waals surface area contributed by atoms with E-state index in [0.29, 0.717) is 0 Å². The number of rotatable bonds is 2. The normalized spacial score (nSPS) is 10.8. The summed E-state index contributed by atoms with van der Waals surface area (Å²) < 4.78 is 1.24. The van der Waals surface area contributed by atoms with Crippen LogP contribution in [0.4, 0.5) is 11.4 Å². The van der Waals surface area contributed by atoms with Crippen LogP contribution in [-0.2, 0) is 0 Å². The van der Waals surface area contributed by atoms with Gasteiger partial charge < -0.3 is 5.32 Å². The van der Waals surface area contributed by atoms with Crippen LogP contribution >= 0.6 is 22.6 Å². The molecular formula is C17H15IN2. The third-order valence-electron chi connectivity index (χ3n) is 3.29. The quantitative estimate of drug-likeness (QED) is 0.624. The van der Waals surface area contributed by atoms with Crippen LogP contribution in [0, 0.1) is 17.4 Å². The van der Waals surface area contributed by atoms with Crippen LogP contribution in [0.15, 0.2) is 48.5 Å². The van der Waals surface area contributed by atoms with Gasteiger partial charge in [0.05, 0.1) is 5.52 Å². The lowest BCUT2D eigenvalue weighted by Crippen LogP contribution is -1.95. The van der Waals surface area contributed by atoms with Gasteiger partial charge in [-0.25, -0.2) is 0 Å². The van der Waals surface area contributed by atoms with E-state index in [2.05, 4.69) is 88.3 Å². The molecule has 0 radical (unpaired) electrons. The number of halogens is 1. The number of pyridine rings is 1. The van der Waals surface area contributed by atoms with Gasteiger partial charge in [0.2, 0.25) is 0 Å². The number of hydrogen-bond donors (Lipinski definition) is 1. The topological polar surface area (TPSA) is 24.9 Å². The summed E-state index contributed by atoms with van der Waals surface area (Å²) in [6.45, 7) is 4.13. The maximum atomic E-state index is 4.65. The number of aryl methyl sites for hydroxylation is 2. The van der Waals surface area contributed by atoms with Crippen LogP contribution in [0.25, 0.3) is 10.9 Å². The zero-order chi connectivity index (χ0) is 14.1. The van der Waals surface area contributed by atoms with E-state index in [4.69, 9.17) is 0 Å². The maximum absolute atomic E-state index is 4.65. The van der Waals surface area contributed by atoms with Gasteiger partial charge in [0.1, 0.15) is 0 Å². The molecular weight excluding hydrogens is 359 g/mol. The number of benzene rings is 2. The molecule has 0 aliphatic rings. The SMILES string of the molecule is Cc1cc(Nc2ccc(I)cc2)c2cccc(C)c2n1. The Morgan fingerprint density at radius 3 is 2.50 bits per heavy atom. The fourth-order valence-corrected chi connectivity index (χ4v) is 2.67. The minimum atomic E-state index is 1.03. The molecule has 0 unspecified atom stereocenters. The van der Waals surface area contributed by atoms with Crippen LogP contribution < -0.4 is 5.32 Å². The van der Waals surface area contributed by atoms with Crippen LogP contribution in [0.3, 0.4) is 0 Å². The van der Waals surface area contributed by atoms with Crippen molar-refractivity contribution in [3.05, 3.63) is 63.4 Å². The summed E-state index contributed by atoms with van der Waals surface area (Å²) in [6, 6.07) is 16.8. The van der Waals surface area contributed by atoms with Crippen molar-refractivity contribution in [2.24, 2.45) is 0 Å². The van der Waals surface area contributed by atoms with E-state index in [1.165, 1.54) is 9.13 Å². The summed E-state index contributed by atoms with van der Waals surface area (Å²) >= 11 is 2.31. The van der Waals surface area contributed by atoms with Gasteiger partial charge in [-0.2, -0.15) is 0 Å². The standard InChI is InChI=1S/C17H15IN2/c1-11-4-3-5-15-16(10-12(2)19-17(11)15)20-14-8-6-13(18)7-9-14/h3-10H,1-2H3,(H,19,20). The number of nitrogens with zero attached hydrogens (tertiary/aromatic N) is 1. The number of hydrogen-bond acceptors (Lipinski definition) is 2. The van der Waals surface area contributed by atoms with Gasteiger partial charge in [-0.1, -0.05) is 18.2 Å². The first-order valence-electron chi connectivity index (χ1n) is 6.53. The van der Waals surface area contributed by atoms with Crippen molar-refractivity contribution in [2.75, 3.05) is 5.32 Å². The first-order chi connectivity index (χ1) is 9.63. The molecule has 0 saturated carbocycles. The molecule has 0 aliphatic carbocycles. The Labute approximate surface area is 132 Å². The largest absolute Gasteiger partial charge is 0.355 e. The maximum Gasteiger partial charge on any atom is 0.0755 e. The van der Waals surface area contributed by atoms with E-state index in [1.54, 1.807) is 0 Å². The first-order valence-corrected chi connectivity index (χ1v) is 7.61. The average molecular weight is 374 g/mol. The second-order valence-corrected chi connectivity index (χ2v) is 6.16. The van der Waals surface area contributed by atoms with E-state index in [9.17, 15) is 0 Å². The molecule has 3 heteroatoms. The second kappa shape index (κ2) is 5.40. The Bertz CT molecular complexity index is 764. The van der Waals surface area contributed by atoms with E-state index in [-0.39, 0.29) is 0 Å². The van der Waals surface area contributed by atoms with Crippen molar-refractivity contribution >= 4 is 44.9 Å². The molecule has 0 fully saturated rings. The number of nitrogens with one attached hydrogen (secondary N) is 1. The molecule has 20 heavy (non-hydrogen) atoms. The smallest absolute Gasteiger partial charge is 0.0755 e. The number of aromatic nitrogens is 1. The molecule has 0 saturated heterocycles. The molecule has 1 N–H and O–H groups in total. The molecule has 3 aromatic rings. The average Bonchev–Trinajstić information content (AvgIpc) is 2.42. The highest BCUT2D eigenvalue weighted by Crippen LogP contribution is 2.28. The monoisotopic (exact) mass is 374 g/mol. The van der Waals surface area contributed by atoms with E-state index in [0.717, 1.165) is 28.0 Å². The summed E-state index contributed by atoms with van der Waals surface area (Å²) in [5.74, 6) is 0. The van der Waals surface area contributed by atoms with Crippen molar-refractivity contribution in [1.29, 1.82) is 0 Å². The summed E-state index contributed by atoms with van der Waals surface area (Å²) in [7, 11) is 0. The second-order valence-electron chi connectivity index (χ2n) is 4.91. The van der Waals surface area contributed by atoms with Crippen LogP contribution in [-0.4, -0.2) is 4.98 Å². The fraction of sp³-hybridized carbons (Fsp3) is 0.118. The molecule has 0 bridgehead atoms. The van der Waals surface area contributed by atoms with Crippen molar-refractivity contribution in [2.45, 2.75) is 13.8 Å². The summed E-state index contributed by atoms with van der Waals surface area (Å²) in [5, 5.41) is 4.66. The summed E-state index contributed by atoms with van der Waals surface area (Å²) in [6.07, 6.45) is 0. The molecule has 0 atom stereocenters. The van der Waals surface area contributed by atoms with Crippen molar-refractivity contribution < 1.29 is 0 Å². The predicted molar refractivity (Wildman–Crippen MR) is 93.7 cm³/mol. The van der Waals surface area contributed by atoms with Gasteiger partial charge in [0.25, 0.3) is 0 Å². The van der Waals surface area contributed by atoms with Crippen LogP contribution in [0.1, 0.15) is 11.3 Å². The molecule has 100 valence electrons. The molecule has 1 aromatic heterocycles. The Balaban J connectivity index is 2.11. The Morgan fingerprint density at radius 2 is 1.75 bits per heavy atom. The van der Waals surface area contributed by atoms with Gasteiger partial charge in [0.15, 0.2) is 0 Å². The number of anilines is 2. The zero-order valence-electron chi connectivity index (χ0n) is 11.4. The lowest BCUT2D eigenvalue weighted by molar-refractivity contribution is 1.24. The van der Waals surface area contributed by atoms with Gasteiger partial charge in [-0.3, -0.25) is 4.98 Å². The summed E-state index contributed by atoms with van der Waals surface area (Å²) in [5.41, 5.74) is 5.51.